The summed E-state index contributed by atoms with van der Waals surface area (Å²) in [4.78, 5) is 0. The van der Waals surface area contributed by atoms with Crippen LogP contribution < -0.4 is 5.32 Å². The van der Waals surface area contributed by atoms with Crippen molar-refractivity contribution in [1.29, 1.82) is 0 Å². The Kier molecular flexibility index (Phi) is 3.88. The maximum absolute atomic E-state index is 13.9. The van der Waals surface area contributed by atoms with Crippen molar-refractivity contribution in [1.82, 2.24) is 0 Å². The van der Waals surface area contributed by atoms with Gasteiger partial charge < -0.3 is 5.32 Å². The van der Waals surface area contributed by atoms with Crippen molar-refractivity contribution in [2.45, 2.75) is 46.1 Å². The van der Waals surface area contributed by atoms with Gasteiger partial charge in [-0.15, -0.1) is 0 Å². The summed E-state index contributed by atoms with van der Waals surface area (Å²) in [6.07, 6.45) is 3.22. The Bertz CT molecular complexity index is 431. The smallest absolute Gasteiger partial charge is 0.152 e. The van der Waals surface area contributed by atoms with E-state index in [1.54, 1.807) is 6.92 Å². The third kappa shape index (κ3) is 2.65. The first-order chi connectivity index (χ1) is 8.49. The van der Waals surface area contributed by atoms with E-state index in [4.69, 9.17) is 0 Å². The Hall–Kier alpha value is -1.12. The van der Waals surface area contributed by atoms with E-state index >= 15 is 0 Å². The molecule has 1 aliphatic carbocycles. The van der Waals surface area contributed by atoms with E-state index in [-0.39, 0.29) is 11.7 Å². The highest BCUT2D eigenvalue weighted by molar-refractivity contribution is 5.49. The molecular weight excluding hydrogens is 232 g/mol. The number of aryl methyl sites for hydroxylation is 1. The molecule has 0 saturated heterocycles. The molecule has 0 aromatic heterocycles. The zero-order valence-corrected chi connectivity index (χ0v) is 11.3. The first-order valence-corrected chi connectivity index (χ1v) is 6.70. The van der Waals surface area contributed by atoms with Gasteiger partial charge in [0.25, 0.3) is 0 Å². The second kappa shape index (κ2) is 5.25. The number of hydrogen-bond donors (Lipinski definition) is 1. The van der Waals surface area contributed by atoms with Crippen LogP contribution in [0, 0.1) is 30.4 Å². The van der Waals surface area contributed by atoms with Crippen molar-refractivity contribution in [2.24, 2.45) is 11.8 Å². The lowest BCUT2D eigenvalue weighted by molar-refractivity contribution is 0.275. The van der Waals surface area contributed by atoms with Crippen LogP contribution in [0.25, 0.3) is 0 Å². The summed E-state index contributed by atoms with van der Waals surface area (Å²) in [6, 6.07) is 2.98. The second-order valence-electron chi connectivity index (χ2n) is 5.70. The molecule has 18 heavy (non-hydrogen) atoms. The summed E-state index contributed by atoms with van der Waals surface area (Å²) in [5.41, 5.74) is 0.525. The van der Waals surface area contributed by atoms with Gasteiger partial charge >= 0.3 is 0 Å². The molecule has 1 saturated carbocycles. The highest BCUT2D eigenvalue weighted by atomic mass is 19.1. The van der Waals surface area contributed by atoms with Gasteiger partial charge in [-0.2, -0.15) is 0 Å². The maximum atomic E-state index is 13.9. The van der Waals surface area contributed by atoms with Gasteiger partial charge in [0.1, 0.15) is 11.5 Å². The van der Waals surface area contributed by atoms with Crippen LogP contribution in [0.5, 0.6) is 0 Å². The number of halogens is 2. The van der Waals surface area contributed by atoms with E-state index in [9.17, 15) is 8.78 Å². The zero-order chi connectivity index (χ0) is 13.3. The van der Waals surface area contributed by atoms with E-state index in [0.717, 1.165) is 19.3 Å². The van der Waals surface area contributed by atoms with Crippen LogP contribution in [0.2, 0.25) is 0 Å². The van der Waals surface area contributed by atoms with Crippen molar-refractivity contribution in [2.75, 3.05) is 5.32 Å². The molecule has 1 aromatic carbocycles. The maximum Gasteiger partial charge on any atom is 0.152 e. The normalized spacial score (nSPS) is 28.2. The van der Waals surface area contributed by atoms with E-state index in [1.807, 2.05) is 0 Å². The molecule has 1 fully saturated rings. The van der Waals surface area contributed by atoms with Crippen LogP contribution in [-0.2, 0) is 0 Å². The topological polar surface area (TPSA) is 12.0 Å². The predicted octanol–water partition coefficient (Wildman–Crippen LogP) is 4.51. The van der Waals surface area contributed by atoms with Gasteiger partial charge in [0.2, 0.25) is 0 Å². The minimum absolute atomic E-state index is 0.0430. The Morgan fingerprint density at radius 1 is 1.17 bits per heavy atom. The summed E-state index contributed by atoms with van der Waals surface area (Å²) < 4.78 is 27.6. The van der Waals surface area contributed by atoms with E-state index in [0.29, 0.717) is 17.4 Å². The minimum atomic E-state index is -0.496. The van der Waals surface area contributed by atoms with Crippen LogP contribution in [0.3, 0.4) is 0 Å². The van der Waals surface area contributed by atoms with Gasteiger partial charge in [-0.25, -0.2) is 8.78 Å². The predicted molar refractivity (Wildman–Crippen MR) is 70.7 cm³/mol. The summed E-state index contributed by atoms with van der Waals surface area (Å²) >= 11 is 0. The Morgan fingerprint density at radius 3 is 2.56 bits per heavy atom. The van der Waals surface area contributed by atoms with Crippen LogP contribution in [-0.4, -0.2) is 6.04 Å². The van der Waals surface area contributed by atoms with Crippen LogP contribution >= 0.6 is 0 Å². The van der Waals surface area contributed by atoms with E-state index in [2.05, 4.69) is 19.2 Å². The van der Waals surface area contributed by atoms with Crippen LogP contribution in [0.15, 0.2) is 12.1 Å². The van der Waals surface area contributed by atoms with Crippen molar-refractivity contribution in [3.63, 3.8) is 0 Å². The van der Waals surface area contributed by atoms with Crippen molar-refractivity contribution in [3.05, 3.63) is 29.3 Å². The second-order valence-corrected chi connectivity index (χ2v) is 5.70. The van der Waals surface area contributed by atoms with Gasteiger partial charge in [0, 0.05) is 6.04 Å². The standard InChI is InChI=1S/C15H21F2N/c1-9-4-7-13(11(3)8-9)18-15-12(16)6-5-10(2)14(15)17/h5-6,9,11,13,18H,4,7-8H2,1-3H3. The number of benzene rings is 1. The summed E-state index contributed by atoms with van der Waals surface area (Å²) in [7, 11) is 0. The van der Waals surface area contributed by atoms with Crippen molar-refractivity contribution in [3.8, 4) is 0 Å². The average Bonchev–Trinajstić information content (AvgIpc) is 2.32. The first kappa shape index (κ1) is 13.3. The largest absolute Gasteiger partial charge is 0.377 e. The Morgan fingerprint density at radius 2 is 1.89 bits per heavy atom. The average molecular weight is 253 g/mol. The quantitative estimate of drug-likeness (QED) is 0.817. The van der Waals surface area contributed by atoms with Gasteiger partial charge in [-0.05, 0) is 49.7 Å². The molecule has 3 heteroatoms. The number of nitrogens with one attached hydrogen (secondary N) is 1. The molecule has 3 unspecified atom stereocenters. The fourth-order valence-electron chi connectivity index (χ4n) is 2.85. The van der Waals surface area contributed by atoms with Gasteiger partial charge in [-0.1, -0.05) is 19.9 Å². The molecular formula is C15H21F2N. The number of hydrogen-bond acceptors (Lipinski definition) is 1. The summed E-state index contributed by atoms with van der Waals surface area (Å²) in [5, 5.41) is 3.08. The molecule has 2 rings (SSSR count). The molecule has 0 amide bonds. The third-order valence-corrected chi connectivity index (χ3v) is 4.05. The molecule has 100 valence electrons. The molecule has 0 bridgehead atoms. The lowest BCUT2D eigenvalue weighted by Gasteiger charge is -2.34. The van der Waals surface area contributed by atoms with E-state index < -0.39 is 11.6 Å². The lowest BCUT2D eigenvalue weighted by Crippen LogP contribution is -2.33. The monoisotopic (exact) mass is 253 g/mol. The van der Waals surface area contributed by atoms with Gasteiger partial charge in [0.15, 0.2) is 5.82 Å². The van der Waals surface area contributed by atoms with Crippen molar-refractivity contribution >= 4 is 5.69 Å². The molecule has 0 heterocycles. The highest BCUT2D eigenvalue weighted by Crippen LogP contribution is 2.32. The Balaban J connectivity index is 2.17. The lowest BCUT2D eigenvalue weighted by atomic mass is 9.80. The van der Waals surface area contributed by atoms with Gasteiger partial charge in [-0.3, -0.25) is 0 Å². The first-order valence-electron chi connectivity index (χ1n) is 6.70. The molecule has 1 aliphatic rings. The minimum Gasteiger partial charge on any atom is -0.377 e. The Labute approximate surface area is 108 Å². The number of anilines is 1. The SMILES string of the molecule is Cc1ccc(F)c(NC2CCC(C)CC2C)c1F. The van der Waals surface area contributed by atoms with Crippen LogP contribution in [0.1, 0.15) is 38.7 Å². The number of rotatable bonds is 2. The molecule has 0 aliphatic heterocycles. The van der Waals surface area contributed by atoms with Crippen LogP contribution in [0.4, 0.5) is 14.5 Å². The van der Waals surface area contributed by atoms with Crippen molar-refractivity contribution < 1.29 is 8.78 Å². The fraction of sp³-hybridized carbons (Fsp3) is 0.600. The highest BCUT2D eigenvalue weighted by Gasteiger charge is 2.26. The summed E-state index contributed by atoms with van der Waals surface area (Å²) in [5.74, 6) is 0.211. The molecule has 1 aromatic rings. The molecule has 1 N–H and O–H groups in total. The molecule has 1 nitrogen and oxygen atoms in total. The molecule has 3 atom stereocenters. The molecule has 0 spiro atoms. The van der Waals surface area contributed by atoms with E-state index in [1.165, 1.54) is 12.1 Å². The zero-order valence-electron chi connectivity index (χ0n) is 11.3. The van der Waals surface area contributed by atoms with Gasteiger partial charge in [0.05, 0.1) is 0 Å². The third-order valence-electron chi connectivity index (χ3n) is 4.05. The molecule has 0 radical (unpaired) electrons. The summed E-state index contributed by atoms with van der Waals surface area (Å²) in [6.45, 7) is 6.05. The fourth-order valence-corrected chi connectivity index (χ4v) is 2.85.